The zero-order valence-corrected chi connectivity index (χ0v) is 12.1. The van der Waals surface area contributed by atoms with Crippen molar-refractivity contribution in [3.63, 3.8) is 0 Å². The van der Waals surface area contributed by atoms with Gasteiger partial charge in [0.1, 0.15) is 5.75 Å². The van der Waals surface area contributed by atoms with Crippen molar-refractivity contribution in [1.29, 1.82) is 0 Å². The number of fused-ring (bicyclic) bond motifs is 1. The normalized spacial score (nSPS) is 11.5. The van der Waals surface area contributed by atoms with Crippen LogP contribution in [-0.2, 0) is 10.3 Å². The number of aromatic nitrogens is 1. The highest BCUT2D eigenvalue weighted by Crippen LogP contribution is 2.21. The third kappa shape index (κ3) is 2.85. The van der Waals surface area contributed by atoms with Crippen LogP contribution in [0.1, 0.15) is 0 Å². The number of nitrogens with two attached hydrogens (primary N) is 1. The molecular weight excluding hydrogens is 304 g/mol. The van der Waals surface area contributed by atoms with Crippen molar-refractivity contribution >= 4 is 21.2 Å². The molecule has 0 fully saturated rings. The monoisotopic (exact) mass is 316 g/mol. The molecule has 0 aliphatic rings. The minimum atomic E-state index is -4.10. The summed E-state index contributed by atoms with van der Waals surface area (Å²) >= 11 is 0. The van der Waals surface area contributed by atoms with E-state index in [2.05, 4.69) is 9.17 Å². The molecule has 6 nitrogen and oxygen atoms in total. The first kappa shape index (κ1) is 14.3. The summed E-state index contributed by atoms with van der Waals surface area (Å²) in [4.78, 5) is 15.5. The van der Waals surface area contributed by atoms with Crippen molar-refractivity contribution in [1.82, 2.24) is 4.98 Å². The Bertz CT molecular complexity index is 995. The molecule has 7 heteroatoms. The van der Waals surface area contributed by atoms with Gasteiger partial charge in [0.15, 0.2) is 5.43 Å². The summed E-state index contributed by atoms with van der Waals surface area (Å²) in [6.07, 6.45) is 1.58. The molecule has 112 valence electrons. The van der Waals surface area contributed by atoms with Crippen LogP contribution in [0, 0.1) is 0 Å². The smallest absolute Gasteiger partial charge is 0.371 e. The van der Waals surface area contributed by atoms with Gasteiger partial charge >= 0.3 is 10.3 Å². The van der Waals surface area contributed by atoms with Gasteiger partial charge < -0.3 is 9.17 Å². The number of pyridine rings is 1. The fourth-order valence-electron chi connectivity index (χ4n) is 2.22. The van der Waals surface area contributed by atoms with Crippen molar-refractivity contribution in [3.05, 3.63) is 65.0 Å². The molecule has 0 saturated heterocycles. The van der Waals surface area contributed by atoms with Gasteiger partial charge in [0.2, 0.25) is 0 Å². The highest BCUT2D eigenvalue weighted by Gasteiger charge is 2.10. The minimum Gasteiger partial charge on any atom is -0.371 e. The Labute approximate surface area is 126 Å². The number of H-pyrrole nitrogens is 1. The standard InChI is InChI=1S/C15H12N2O4S/c16-22(19,20)21-11-6-7-12-14(8-11)17-9-13(15(12)18)10-4-2-1-3-5-10/h1-9H,(H,17,18)(H2,16,19,20). The average Bonchev–Trinajstić information content (AvgIpc) is 2.47. The van der Waals surface area contributed by atoms with Crippen LogP contribution in [0.5, 0.6) is 5.75 Å². The third-order valence-corrected chi connectivity index (χ3v) is 3.57. The summed E-state index contributed by atoms with van der Waals surface area (Å²) in [5, 5.41) is 5.25. The van der Waals surface area contributed by atoms with Gasteiger partial charge in [0.05, 0.1) is 5.52 Å². The molecule has 0 aliphatic heterocycles. The van der Waals surface area contributed by atoms with Gasteiger partial charge in [-0.25, -0.2) is 0 Å². The van der Waals surface area contributed by atoms with E-state index in [-0.39, 0.29) is 11.2 Å². The maximum atomic E-state index is 12.5. The zero-order chi connectivity index (χ0) is 15.7. The van der Waals surface area contributed by atoms with Crippen molar-refractivity contribution in [2.75, 3.05) is 0 Å². The van der Waals surface area contributed by atoms with Crippen LogP contribution in [0.4, 0.5) is 0 Å². The Morgan fingerprint density at radius 1 is 1.05 bits per heavy atom. The van der Waals surface area contributed by atoms with Crippen LogP contribution >= 0.6 is 0 Å². The Hall–Kier alpha value is -2.64. The van der Waals surface area contributed by atoms with E-state index < -0.39 is 10.3 Å². The second kappa shape index (κ2) is 5.28. The summed E-state index contributed by atoms with van der Waals surface area (Å²) in [6, 6.07) is 13.6. The quantitative estimate of drug-likeness (QED) is 0.768. The van der Waals surface area contributed by atoms with Crippen LogP contribution in [0.15, 0.2) is 59.5 Å². The van der Waals surface area contributed by atoms with E-state index in [0.717, 1.165) is 5.56 Å². The first-order chi connectivity index (χ1) is 10.4. The van der Waals surface area contributed by atoms with E-state index in [1.165, 1.54) is 18.2 Å². The van der Waals surface area contributed by atoms with E-state index >= 15 is 0 Å². The van der Waals surface area contributed by atoms with E-state index in [0.29, 0.717) is 16.5 Å². The molecule has 0 bridgehead atoms. The number of benzene rings is 2. The summed E-state index contributed by atoms with van der Waals surface area (Å²) in [5.41, 5.74) is 1.65. The van der Waals surface area contributed by atoms with Crippen molar-refractivity contribution in [2.45, 2.75) is 0 Å². The molecule has 1 aromatic heterocycles. The van der Waals surface area contributed by atoms with Gasteiger partial charge in [-0.3, -0.25) is 4.79 Å². The molecule has 1 heterocycles. The van der Waals surface area contributed by atoms with Crippen LogP contribution < -0.4 is 14.8 Å². The molecule has 3 rings (SSSR count). The number of nitrogens with one attached hydrogen (secondary N) is 1. The Balaban J connectivity index is 2.14. The predicted molar refractivity (Wildman–Crippen MR) is 83.7 cm³/mol. The lowest BCUT2D eigenvalue weighted by atomic mass is 10.0. The highest BCUT2D eigenvalue weighted by molar-refractivity contribution is 7.84. The maximum Gasteiger partial charge on any atom is 0.380 e. The molecule has 0 unspecified atom stereocenters. The van der Waals surface area contributed by atoms with Gasteiger partial charge in [-0.1, -0.05) is 30.3 Å². The summed E-state index contributed by atoms with van der Waals surface area (Å²) in [5.74, 6) is 0.0399. The van der Waals surface area contributed by atoms with Crippen molar-refractivity contribution < 1.29 is 12.6 Å². The molecule has 2 aromatic carbocycles. The summed E-state index contributed by atoms with van der Waals surface area (Å²) in [7, 11) is -4.10. The van der Waals surface area contributed by atoms with Crippen LogP contribution in [0.3, 0.4) is 0 Å². The molecule has 22 heavy (non-hydrogen) atoms. The second-order valence-electron chi connectivity index (χ2n) is 4.68. The van der Waals surface area contributed by atoms with Crippen LogP contribution in [0.2, 0.25) is 0 Å². The summed E-state index contributed by atoms with van der Waals surface area (Å²) in [6.45, 7) is 0. The summed E-state index contributed by atoms with van der Waals surface area (Å²) < 4.78 is 26.4. The van der Waals surface area contributed by atoms with Gasteiger partial charge in [-0.15, -0.1) is 0 Å². The zero-order valence-electron chi connectivity index (χ0n) is 11.3. The molecule has 0 saturated carbocycles. The van der Waals surface area contributed by atoms with Crippen LogP contribution in [-0.4, -0.2) is 13.4 Å². The number of aromatic amines is 1. The topological polar surface area (TPSA) is 102 Å². The molecule has 0 atom stereocenters. The molecule has 0 amide bonds. The lowest BCUT2D eigenvalue weighted by molar-refractivity contribution is 0.488. The predicted octanol–water partition coefficient (Wildman–Crippen LogP) is 1.78. The molecule has 0 radical (unpaired) electrons. The fraction of sp³-hybridized carbons (Fsp3) is 0. The van der Waals surface area contributed by atoms with Gasteiger partial charge in [-0.05, 0) is 17.7 Å². The Kier molecular flexibility index (Phi) is 3.44. The van der Waals surface area contributed by atoms with E-state index in [4.69, 9.17) is 5.14 Å². The lowest BCUT2D eigenvalue weighted by Gasteiger charge is -2.06. The van der Waals surface area contributed by atoms with Crippen molar-refractivity contribution in [3.8, 4) is 16.9 Å². The highest BCUT2D eigenvalue weighted by atomic mass is 32.2. The molecule has 3 N–H and O–H groups in total. The average molecular weight is 316 g/mol. The number of hydrogen-bond donors (Lipinski definition) is 2. The van der Waals surface area contributed by atoms with Crippen LogP contribution in [0.25, 0.3) is 22.0 Å². The minimum absolute atomic E-state index is 0.0399. The Morgan fingerprint density at radius 2 is 1.77 bits per heavy atom. The van der Waals surface area contributed by atoms with E-state index in [1.807, 2.05) is 30.3 Å². The first-order valence-corrected chi connectivity index (χ1v) is 7.84. The third-order valence-electron chi connectivity index (χ3n) is 3.15. The Morgan fingerprint density at radius 3 is 2.45 bits per heavy atom. The molecular formula is C15H12N2O4S. The van der Waals surface area contributed by atoms with E-state index in [9.17, 15) is 13.2 Å². The molecule has 0 spiro atoms. The SMILES string of the molecule is NS(=O)(=O)Oc1ccc2c(=O)c(-c3ccccc3)c[nH]c2c1. The lowest BCUT2D eigenvalue weighted by Crippen LogP contribution is -2.19. The first-order valence-electron chi connectivity index (χ1n) is 6.37. The van der Waals surface area contributed by atoms with E-state index in [1.54, 1.807) is 6.20 Å². The van der Waals surface area contributed by atoms with Gasteiger partial charge in [0.25, 0.3) is 0 Å². The van der Waals surface area contributed by atoms with Crippen molar-refractivity contribution in [2.24, 2.45) is 5.14 Å². The number of rotatable bonds is 3. The van der Waals surface area contributed by atoms with Gasteiger partial charge in [0, 0.05) is 23.2 Å². The second-order valence-corrected chi connectivity index (χ2v) is 5.83. The molecule has 0 aliphatic carbocycles. The molecule has 3 aromatic rings. The maximum absolute atomic E-state index is 12.5. The fourth-order valence-corrected chi connectivity index (χ4v) is 2.59. The number of hydrogen-bond acceptors (Lipinski definition) is 4. The largest absolute Gasteiger partial charge is 0.380 e. The van der Waals surface area contributed by atoms with Gasteiger partial charge in [-0.2, -0.15) is 13.6 Å².